The highest BCUT2D eigenvalue weighted by atomic mass is 15.1. The summed E-state index contributed by atoms with van der Waals surface area (Å²) in [6.07, 6.45) is 2.73. The molecule has 1 rings (SSSR count). The molecule has 0 unspecified atom stereocenters. The van der Waals surface area contributed by atoms with Gasteiger partial charge in [0.1, 0.15) is 0 Å². The molecule has 1 nitrogen and oxygen atoms in total. The number of piperidine rings is 1. The Labute approximate surface area is 63.7 Å². The summed E-state index contributed by atoms with van der Waals surface area (Å²) in [5.74, 6) is 0.866. The molecule has 0 radical (unpaired) electrons. The number of likely N-dealkylation sites (tertiary alicyclic amines) is 1. The van der Waals surface area contributed by atoms with Crippen LogP contribution in [0.25, 0.3) is 0 Å². The first-order valence-electron chi connectivity index (χ1n) is 4.10. The summed E-state index contributed by atoms with van der Waals surface area (Å²) in [6, 6.07) is 0. The second kappa shape index (κ2) is 3.09. The summed E-state index contributed by atoms with van der Waals surface area (Å²) in [7, 11) is 0. The van der Waals surface area contributed by atoms with Crippen molar-refractivity contribution in [3.05, 3.63) is 12.3 Å². The van der Waals surface area contributed by atoms with Crippen LogP contribution < -0.4 is 0 Å². The summed E-state index contributed by atoms with van der Waals surface area (Å²) >= 11 is 0. The molecule has 0 spiro atoms. The molecule has 1 saturated heterocycles. The molecule has 0 aliphatic carbocycles. The molecule has 10 heavy (non-hydrogen) atoms. The van der Waals surface area contributed by atoms with E-state index in [1.54, 1.807) is 0 Å². The van der Waals surface area contributed by atoms with Crippen LogP contribution in [0.4, 0.5) is 0 Å². The SMILES string of the molecule is C=C(C)N1CCC[C@@H](C)C1. The van der Waals surface area contributed by atoms with Gasteiger partial charge in [-0.05, 0) is 25.7 Å². The number of hydrogen-bond donors (Lipinski definition) is 0. The molecule has 0 amide bonds. The summed E-state index contributed by atoms with van der Waals surface area (Å²) in [5, 5.41) is 0. The minimum Gasteiger partial charge on any atom is -0.375 e. The predicted molar refractivity (Wildman–Crippen MR) is 44.8 cm³/mol. The fourth-order valence-electron chi connectivity index (χ4n) is 1.54. The van der Waals surface area contributed by atoms with Gasteiger partial charge in [-0.2, -0.15) is 0 Å². The van der Waals surface area contributed by atoms with Gasteiger partial charge in [0.2, 0.25) is 0 Å². The van der Waals surface area contributed by atoms with Crippen molar-refractivity contribution >= 4 is 0 Å². The molecule has 0 saturated carbocycles. The van der Waals surface area contributed by atoms with E-state index >= 15 is 0 Å². The van der Waals surface area contributed by atoms with Crippen molar-refractivity contribution in [2.45, 2.75) is 26.7 Å². The molecular formula is C9H17N. The molecule has 1 fully saturated rings. The third kappa shape index (κ3) is 1.76. The third-order valence-corrected chi connectivity index (χ3v) is 2.20. The average Bonchev–Trinajstić information content (AvgIpc) is 1.88. The van der Waals surface area contributed by atoms with Crippen LogP contribution in [0.5, 0.6) is 0 Å². The van der Waals surface area contributed by atoms with Gasteiger partial charge in [0, 0.05) is 18.8 Å². The second-order valence-electron chi connectivity index (χ2n) is 3.43. The number of rotatable bonds is 1. The fraction of sp³-hybridized carbons (Fsp3) is 0.778. The van der Waals surface area contributed by atoms with Crippen LogP contribution in [0.15, 0.2) is 12.3 Å². The number of allylic oxidation sites excluding steroid dienone is 1. The molecule has 0 bridgehead atoms. The number of nitrogens with zero attached hydrogens (tertiary/aromatic N) is 1. The second-order valence-corrected chi connectivity index (χ2v) is 3.43. The first-order valence-corrected chi connectivity index (χ1v) is 4.10. The number of hydrogen-bond acceptors (Lipinski definition) is 1. The zero-order valence-corrected chi connectivity index (χ0v) is 7.06. The Bertz CT molecular complexity index is 129. The molecular weight excluding hydrogens is 122 g/mol. The smallest absolute Gasteiger partial charge is 0.0200 e. The van der Waals surface area contributed by atoms with Crippen LogP contribution in [0.3, 0.4) is 0 Å². The summed E-state index contributed by atoms with van der Waals surface area (Å²) in [6.45, 7) is 10.8. The van der Waals surface area contributed by atoms with Crippen molar-refractivity contribution in [1.29, 1.82) is 0 Å². The Morgan fingerprint density at radius 3 is 2.70 bits per heavy atom. The lowest BCUT2D eigenvalue weighted by atomic mass is 10.0. The fourth-order valence-corrected chi connectivity index (χ4v) is 1.54. The van der Waals surface area contributed by atoms with E-state index < -0.39 is 0 Å². The van der Waals surface area contributed by atoms with E-state index in [-0.39, 0.29) is 0 Å². The van der Waals surface area contributed by atoms with E-state index in [1.807, 2.05) is 0 Å². The van der Waals surface area contributed by atoms with Gasteiger partial charge in [-0.25, -0.2) is 0 Å². The van der Waals surface area contributed by atoms with E-state index in [0.717, 1.165) is 5.92 Å². The molecule has 58 valence electrons. The lowest BCUT2D eigenvalue weighted by Crippen LogP contribution is -2.32. The van der Waals surface area contributed by atoms with E-state index in [9.17, 15) is 0 Å². The van der Waals surface area contributed by atoms with Crippen molar-refractivity contribution < 1.29 is 0 Å². The van der Waals surface area contributed by atoms with Gasteiger partial charge in [0.05, 0.1) is 0 Å². The molecule has 0 aromatic rings. The molecule has 1 aliphatic rings. The van der Waals surface area contributed by atoms with E-state index in [0.29, 0.717) is 0 Å². The Kier molecular flexibility index (Phi) is 2.36. The summed E-state index contributed by atoms with van der Waals surface area (Å²) < 4.78 is 0. The quantitative estimate of drug-likeness (QED) is 0.538. The largest absolute Gasteiger partial charge is 0.375 e. The highest BCUT2D eigenvalue weighted by molar-refractivity contribution is 4.90. The third-order valence-electron chi connectivity index (χ3n) is 2.20. The van der Waals surface area contributed by atoms with Gasteiger partial charge < -0.3 is 4.90 Å². The normalized spacial score (nSPS) is 26.6. The molecule has 1 heterocycles. The van der Waals surface area contributed by atoms with E-state index in [1.165, 1.54) is 31.6 Å². The van der Waals surface area contributed by atoms with Gasteiger partial charge in [-0.1, -0.05) is 13.5 Å². The zero-order chi connectivity index (χ0) is 7.56. The topological polar surface area (TPSA) is 3.24 Å². The first kappa shape index (κ1) is 7.64. The maximum Gasteiger partial charge on any atom is 0.0200 e. The molecule has 1 aliphatic heterocycles. The van der Waals surface area contributed by atoms with Crippen LogP contribution in [0.1, 0.15) is 26.7 Å². The van der Waals surface area contributed by atoms with Gasteiger partial charge in [-0.15, -0.1) is 0 Å². The lowest BCUT2D eigenvalue weighted by molar-refractivity contribution is 0.230. The van der Waals surface area contributed by atoms with Gasteiger partial charge in [0.15, 0.2) is 0 Å². The van der Waals surface area contributed by atoms with Crippen molar-refractivity contribution in [2.24, 2.45) is 5.92 Å². The zero-order valence-electron chi connectivity index (χ0n) is 7.06. The first-order chi connectivity index (χ1) is 4.70. The predicted octanol–water partition coefficient (Wildman–Crippen LogP) is 2.25. The van der Waals surface area contributed by atoms with Crippen LogP contribution >= 0.6 is 0 Å². The Morgan fingerprint density at radius 2 is 2.30 bits per heavy atom. The van der Waals surface area contributed by atoms with Gasteiger partial charge in [0.25, 0.3) is 0 Å². The average molecular weight is 139 g/mol. The van der Waals surface area contributed by atoms with Gasteiger partial charge >= 0.3 is 0 Å². The Balaban J connectivity index is 2.39. The maximum atomic E-state index is 3.94. The molecule has 1 heteroatoms. The van der Waals surface area contributed by atoms with Gasteiger partial charge in [-0.3, -0.25) is 0 Å². The van der Waals surface area contributed by atoms with Crippen LogP contribution in [-0.4, -0.2) is 18.0 Å². The minimum absolute atomic E-state index is 0.866. The molecule has 1 atom stereocenters. The Hall–Kier alpha value is -0.460. The van der Waals surface area contributed by atoms with Crippen LogP contribution in [0.2, 0.25) is 0 Å². The highest BCUT2D eigenvalue weighted by Crippen LogP contribution is 2.17. The van der Waals surface area contributed by atoms with Crippen molar-refractivity contribution in [3.8, 4) is 0 Å². The maximum absolute atomic E-state index is 3.94. The molecule has 0 N–H and O–H groups in total. The van der Waals surface area contributed by atoms with E-state index in [4.69, 9.17) is 0 Å². The lowest BCUT2D eigenvalue weighted by Gasteiger charge is -2.32. The molecule has 0 aromatic heterocycles. The standard InChI is InChI=1S/C9H17N/c1-8(2)10-6-4-5-9(3)7-10/h9H,1,4-7H2,2-3H3/t9-/m1/s1. The van der Waals surface area contributed by atoms with Crippen LogP contribution in [0, 0.1) is 5.92 Å². The van der Waals surface area contributed by atoms with Crippen molar-refractivity contribution in [3.63, 3.8) is 0 Å². The Morgan fingerprint density at radius 1 is 1.60 bits per heavy atom. The van der Waals surface area contributed by atoms with Crippen LogP contribution in [-0.2, 0) is 0 Å². The molecule has 0 aromatic carbocycles. The van der Waals surface area contributed by atoms with Crippen molar-refractivity contribution in [1.82, 2.24) is 4.90 Å². The monoisotopic (exact) mass is 139 g/mol. The minimum atomic E-state index is 0.866. The highest BCUT2D eigenvalue weighted by Gasteiger charge is 2.14. The van der Waals surface area contributed by atoms with E-state index in [2.05, 4.69) is 25.3 Å². The van der Waals surface area contributed by atoms with Crippen molar-refractivity contribution in [2.75, 3.05) is 13.1 Å². The summed E-state index contributed by atoms with van der Waals surface area (Å²) in [4.78, 5) is 2.38. The summed E-state index contributed by atoms with van der Waals surface area (Å²) in [5.41, 5.74) is 1.23.